The van der Waals surface area contributed by atoms with Crippen molar-refractivity contribution in [3.8, 4) is 0 Å². The van der Waals surface area contributed by atoms with E-state index in [1.54, 1.807) is 6.92 Å². The second-order valence-electron chi connectivity index (χ2n) is 4.87. The fraction of sp³-hybridized carbons (Fsp3) is 0.667. The highest BCUT2D eigenvalue weighted by Gasteiger charge is 2.33. The van der Waals surface area contributed by atoms with Gasteiger partial charge in [-0.05, 0) is 6.92 Å². The molecule has 0 aliphatic carbocycles. The van der Waals surface area contributed by atoms with Crippen LogP contribution < -0.4 is 5.32 Å². The summed E-state index contributed by atoms with van der Waals surface area (Å²) in [4.78, 5) is 12.2. The van der Waals surface area contributed by atoms with E-state index in [0.29, 0.717) is 11.5 Å². The molecule has 0 bridgehead atoms. The monoisotopic (exact) mass is 272 g/mol. The summed E-state index contributed by atoms with van der Waals surface area (Å²) in [6, 6.07) is 0. The number of amides is 1. The lowest BCUT2D eigenvalue weighted by Crippen LogP contribution is -2.57. The van der Waals surface area contributed by atoms with Gasteiger partial charge in [0, 0.05) is 5.92 Å². The smallest absolute Gasteiger partial charge is 0.257 e. The average Bonchev–Trinajstić information content (AvgIpc) is 2.78. The molecule has 0 aromatic carbocycles. The number of hydrogen-bond acceptors (Lipinski definition) is 6. The maximum atomic E-state index is 12.2. The molecule has 0 spiro atoms. The number of nitrogens with one attached hydrogen (secondary N) is 1. The van der Waals surface area contributed by atoms with Gasteiger partial charge in [-0.3, -0.25) is 4.79 Å². The van der Waals surface area contributed by atoms with Crippen molar-refractivity contribution in [2.45, 2.75) is 32.2 Å². The van der Waals surface area contributed by atoms with Crippen molar-refractivity contribution in [1.82, 2.24) is 10.5 Å². The van der Waals surface area contributed by atoms with Gasteiger partial charge in [0.2, 0.25) is 0 Å². The van der Waals surface area contributed by atoms with E-state index in [9.17, 15) is 20.1 Å². The number of aliphatic hydroxyl groups is 3. The molecule has 4 N–H and O–H groups in total. The van der Waals surface area contributed by atoms with Gasteiger partial charge >= 0.3 is 0 Å². The molecule has 1 rings (SSSR count). The zero-order chi connectivity index (χ0) is 14.6. The summed E-state index contributed by atoms with van der Waals surface area (Å²) in [6.07, 6.45) is 0. The Labute approximate surface area is 111 Å². The molecule has 108 valence electrons. The number of hydrogen-bond donors (Lipinski definition) is 4. The van der Waals surface area contributed by atoms with Crippen LogP contribution in [0.2, 0.25) is 0 Å². The van der Waals surface area contributed by atoms with E-state index in [4.69, 9.17) is 4.52 Å². The molecule has 19 heavy (non-hydrogen) atoms. The number of aromatic nitrogens is 1. The van der Waals surface area contributed by atoms with E-state index < -0.39 is 31.3 Å². The van der Waals surface area contributed by atoms with E-state index in [0.717, 1.165) is 0 Å². The summed E-state index contributed by atoms with van der Waals surface area (Å²) < 4.78 is 5.10. The van der Waals surface area contributed by atoms with Gasteiger partial charge in [0.1, 0.15) is 11.1 Å². The van der Waals surface area contributed by atoms with Gasteiger partial charge in [0.15, 0.2) is 5.76 Å². The lowest BCUT2D eigenvalue weighted by molar-refractivity contribution is 0.0374. The van der Waals surface area contributed by atoms with Gasteiger partial charge < -0.3 is 25.2 Å². The van der Waals surface area contributed by atoms with E-state index >= 15 is 0 Å². The van der Waals surface area contributed by atoms with Crippen LogP contribution in [0.25, 0.3) is 0 Å². The Morgan fingerprint density at radius 1 is 1.32 bits per heavy atom. The van der Waals surface area contributed by atoms with Crippen molar-refractivity contribution in [3.63, 3.8) is 0 Å². The molecule has 1 amide bonds. The number of carbonyl (C=O) groups is 1. The predicted molar refractivity (Wildman–Crippen MR) is 66.8 cm³/mol. The van der Waals surface area contributed by atoms with Crippen LogP contribution >= 0.6 is 0 Å². The van der Waals surface area contributed by atoms with E-state index in [2.05, 4.69) is 10.5 Å². The highest BCUT2D eigenvalue weighted by molar-refractivity contribution is 5.96. The van der Waals surface area contributed by atoms with Crippen LogP contribution in [0.5, 0.6) is 0 Å². The first kappa shape index (κ1) is 15.6. The minimum Gasteiger partial charge on any atom is -0.394 e. The van der Waals surface area contributed by atoms with Crippen molar-refractivity contribution >= 4 is 5.91 Å². The summed E-state index contributed by atoms with van der Waals surface area (Å²) in [7, 11) is 0. The number of carbonyl (C=O) groups excluding carboxylic acids is 1. The second kappa shape index (κ2) is 6.14. The Kier molecular flexibility index (Phi) is 5.04. The third-order valence-corrected chi connectivity index (χ3v) is 2.93. The van der Waals surface area contributed by atoms with Gasteiger partial charge in [-0.1, -0.05) is 19.0 Å². The van der Waals surface area contributed by atoms with E-state index in [-0.39, 0.29) is 11.5 Å². The lowest BCUT2D eigenvalue weighted by Gasteiger charge is -2.28. The molecule has 0 unspecified atom stereocenters. The molecule has 0 fully saturated rings. The molecule has 0 radical (unpaired) electrons. The van der Waals surface area contributed by atoms with Gasteiger partial charge in [0.25, 0.3) is 5.91 Å². The highest BCUT2D eigenvalue weighted by atomic mass is 16.5. The number of rotatable bonds is 6. The van der Waals surface area contributed by atoms with Crippen molar-refractivity contribution in [2.75, 3.05) is 19.8 Å². The Balaban J connectivity index is 3.04. The summed E-state index contributed by atoms with van der Waals surface area (Å²) >= 11 is 0. The Hall–Kier alpha value is -1.44. The summed E-state index contributed by atoms with van der Waals surface area (Å²) in [6.45, 7) is 3.61. The van der Waals surface area contributed by atoms with Crippen LogP contribution in [0.3, 0.4) is 0 Å². The summed E-state index contributed by atoms with van der Waals surface area (Å²) in [5.41, 5.74) is -0.770. The minimum absolute atomic E-state index is 0.0336. The first-order chi connectivity index (χ1) is 8.90. The quantitative estimate of drug-likeness (QED) is 0.557. The maximum Gasteiger partial charge on any atom is 0.257 e. The first-order valence-electron chi connectivity index (χ1n) is 6.02. The van der Waals surface area contributed by atoms with Gasteiger partial charge in [-0.25, -0.2) is 0 Å². The second-order valence-corrected chi connectivity index (χ2v) is 4.87. The van der Waals surface area contributed by atoms with Gasteiger partial charge in [-0.15, -0.1) is 0 Å². The third kappa shape index (κ3) is 3.12. The van der Waals surface area contributed by atoms with Crippen molar-refractivity contribution < 1.29 is 24.6 Å². The van der Waals surface area contributed by atoms with Crippen LogP contribution in [0.1, 0.15) is 41.6 Å². The molecule has 0 saturated carbocycles. The fourth-order valence-electron chi connectivity index (χ4n) is 1.63. The molecule has 7 nitrogen and oxygen atoms in total. The Morgan fingerprint density at radius 2 is 1.84 bits per heavy atom. The zero-order valence-electron chi connectivity index (χ0n) is 11.3. The number of nitrogens with zero attached hydrogens (tertiary/aromatic N) is 1. The SMILES string of the molecule is Cc1noc(C(C)C)c1C(=O)NC(CO)(CO)CO. The minimum atomic E-state index is -1.46. The topological polar surface area (TPSA) is 116 Å². The maximum absolute atomic E-state index is 12.2. The van der Waals surface area contributed by atoms with Gasteiger partial charge in [0.05, 0.1) is 25.5 Å². The van der Waals surface area contributed by atoms with Crippen molar-refractivity contribution in [3.05, 3.63) is 17.0 Å². The molecule has 1 aromatic rings. The first-order valence-corrected chi connectivity index (χ1v) is 6.02. The van der Waals surface area contributed by atoms with Crippen LogP contribution in [0, 0.1) is 6.92 Å². The Bertz CT molecular complexity index is 429. The molecule has 1 aromatic heterocycles. The van der Waals surface area contributed by atoms with Crippen molar-refractivity contribution in [2.24, 2.45) is 0 Å². The zero-order valence-corrected chi connectivity index (χ0v) is 11.3. The van der Waals surface area contributed by atoms with E-state index in [1.807, 2.05) is 13.8 Å². The lowest BCUT2D eigenvalue weighted by atomic mass is 10.00. The molecular formula is C12H20N2O5. The molecule has 1 heterocycles. The van der Waals surface area contributed by atoms with Crippen LogP contribution in [-0.2, 0) is 0 Å². The Morgan fingerprint density at radius 3 is 2.26 bits per heavy atom. The van der Waals surface area contributed by atoms with Crippen LogP contribution in [0.4, 0.5) is 0 Å². The normalized spacial score (nSPS) is 11.9. The molecule has 0 aliphatic rings. The van der Waals surface area contributed by atoms with Crippen LogP contribution in [0.15, 0.2) is 4.52 Å². The summed E-state index contributed by atoms with van der Waals surface area (Å²) in [5.74, 6) is -0.147. The largest absolute Gasteiger partial charge is 0.394 e. The summed E-state index contributed by atoms with van der Waals surface area (Å²) in [5, 5.41) is 33.8. The molecule has 7 heteroatoms. The van der Waals surface area contributed by atoms with E-state index in [1.165, 1.54) is 0 Å². The number of aliphatic hydroxyl groups excluding tert-OH is 3. The third-order valence-electron chi connectivity index (χ3n) is 2.93. The molecule has 0 atom stereocenters. The standard InChI is InChI=1S/C12H20N2O5/c1-7(2)10-9(8(3)14-19-10)11(18)13-12(4-15,5-16)6-17/h7,15-17H,4-6H2,1-3H3,(H,13,18). The predicted octanol–water partition coefficient (Wildman–Crippen LogP) is -0.448. The molecule has 0 saturated heterocycles. The molecular weight excluding hydrogens is 252 g/mol. The fourth-order valence-corrected chi connectivity index (χ4v) is 1.63. The number of aryl methyl sites for hydroxylation is 1. The van der Waals surface area contributed by atoms with Gasteiger partial charge in [-0.2, -0.15) is 0 Å². The average molecular weight is 272 g/mol. The van der Waals surface area contributed by atoms with Crippen LogP contribution in [-0.4, -0.2) is 51.7 Å². The molecule has 0 aliphatic heterocycles. The highest BCUT2D eigenvalue weighted by Crippen LogP contribution is 2.22. The van der Waals surface area contributed by atoms with Crippen molar-refractivity contribution in [1.29, 1.82) is 0 Å².